The Morgan fingerprint density at radius 2 is 2.06 bits per heavy atom. The van der Waals surface area contributed by atoms with Crippen molar-refractivity contribution >= 4 is 5.91 Å². The molecule has 0 spiro atoms. The molecule has 0 aromatic carbocycles. The second-order valence-corrected chi connectivity index (χ2v) is 5.66. The van der Waals surface area contributed by atoms with E-state index in [0.29, 0.717) is 24.9 Å². The first-order valence-electron chi connectivity index (χ1n) is 6.84. The second kappa shape index (κ2) is 6.75. The highest BCUT2D eigenvalue weighted by Crippen LogP contribution is 2.33. The third-order valence-corrected chi connectivity index (χ3v) is 4.26. The summed E-state index contributed by atoms with van der Waals surface area (Å²) in [6, 6.07) is 2.07. The van der Waals surface area contributed by atoms with E-state index in [-0.39, 0.29) is 5.91 Å². The van der Waals surface area contributed by atoms with Gasteiger partial charge in [0.1, 0.15) is 0 Å². The van der Waals surface area contributed by atoms with Gasteiger partial charge in [-0.2, -0.15) is 5.26 Å². The van der Waals surface area contributed by atoms with Gasteiger partial charge in [-0.05, 0) is 31.3 Å². The van der Waals surface area contributed by atoms with Crippen molar-refractivity contribution in [3.8, 4) is 6.07 Å². The van der Waals surface area contributed by atoms with Crippen molar-refractivity contribution in [2.45, 2.75) is 39.5 Å². The number of carbonyl (C=O) groups excluding carboxylic acids is 1. The van der Waals surface area contributed by atoms with Crippen LogP contribution in [0.5, 0.6) is 0 Å². The van der Waals surface area contributed by atoms with Gasteiger partial charge in [0, 0.05) is 13.6 Å². The molecule has 1 heterocycles. The van der Waals surface area contributed by atoms with Gasteiger partial charge in [-0.15, -0.1) is 0 Å². The molecule has 0 aliphatic carbocycles. The van der Waals surface area contributed by atoms with Gasteiger partial charge in [0.05, 0.1) is 19.0 Å². The van der Waals surface area contributed by atoms with E-state index in [1.165, 1.54) is 19.3 Å². The molecule has 0 saturated carbocycles. The van der Waals surface area contributed by atoms with Gasteiger partial charge in [0.15, 0.2) is 0 Å². The van der Waals surface area contributed by atoms with E-state index in [1.54, 1.807) is 11.9 Å². The molecular formula is C14H25N3O. The Bertz CT molecular complexity index is 313. The summed E-state index contributed by atoms with van der Waals surface area (Å²) in [7, 11) is 1.78. The molecule has 1 fully saturated rings. The third-order valence-electron chi connectivity index (χ3n) is 4.26. The Labute approximate surface area is 111 Å². The van der Waals surface area contributed by atoms with E-state index in [0.717, 1.165) is 13.1 Å². The highest BCUT2D eigenvalue weighted by molar-refractivity contribution is 5.78. The topological polar surface area (TPSA) is 47.3 Å². The molecular weight excluding hydrogens is 226 g/mol. The molecule has 1 aliphatic heterocycles. The first-order valence-corrected chi connectivity index (χ1v) is 6.84. The zero-order valence-corrected chi connectivity index (χ0v) is 11.9. The lowest BCUT2D eigenvalue weighted by atomic mass is 9.78. The molecule has 4 heteroatoms. The number of hydrogen-bond acceptors (Lipinski definition) is 3. The third kappa shape index (κ3) is 4.30. The van der Waals surface area contributed by atoms with Crippen LogP contribution >= 0.6 is 0 Å². The van der Waals surface area contributed by atoms with Gasteiger partial charge in [-0.25, -0.2) is 0 Å². The van der Waals surface area contributed by atoms with Crippen molar-refractivity contribution in [1.29, 1.82) is 5.26 Å². The summed E-state index contributed by atoms with van der Waals surface area (Å²) in [4.78, 5) is 15.8. The molecule has 0 radical (unpaired) electrons. The van der Waals surface area contributed by atoms with Crippen molar-refractivity contribution in [2.75, 3.05) is 33.2 Å². The molecule has 0 N–H and O–H groups in total. The average molecular weight is 251 g/mol. The maximum absolute atomic E-state index is 11.9. The number of amides is 1. The number of carbonyl (C=O) groups is 1. The van der Waals surface area contributed by atoms with Crippen molar-refractivity contribution in [3.05, 3.63) is 0 Å². The summed E-state index contributed by atoms with van der Waals surface area (Å²) in [5.41, 5.74) is 0.465. The molecule has 4 nitrogen and oxygen atoms in total. The minimum atomic E-state index is 0.130. The number of nitriles is 1. The van der Waals surface area contributed by atoms with E-state index < -0.39 is 0 Å². The first kappa shape index (κ1) is 15.0. The van der Waals surface area contributed by atoms with Crippen LogP contribution in [-0.4, -0.2) is 48.9 Å². The number of likely N-dealkylation sites (N-methyl/N-ethyl adjacent to an activating group) is 1. The van der Waals surface area contributed by atoms with Crippen LogP contribution in [0.1, 0.15) is 39.5 Å². The lowest BCUT2D eigenvalue weighted by molar-refractivity contribution is -0.131. The van der Waals surface area contributed by atoms with Crippen LogP contribution in [0.4, 0.5) is 0 Å². The maximum Gasteiger partial charge on any atom is 0.236 e. The highest BCUT2D eigenvalue weighted by atomic mass is 16.2. The van der Waals surface area contributed by atoms with Gasteiger partial charge >= 0.3 is 0 Å². The Morgan fingerprint density at radius 3 is 2.56 bits per heavy atom. The van der Waals surface area contributed by atoms with Crippen LogP contribution in [0.25, 0.3) is 0 Å². The first-order chi connectivity index (χ1) is 8.50. The predicted molar refractivity (Wildman–Crippen MR) is 71.9 cm³/mol. The van der Waals surface area contributed by atoms with E-state index in [9.17, 15) is 4.79 Å². The van der Waals surface area contributed by atoms with Crippen LogP contribution in [0.3, 0.4) is 0 Å². The predicted octanol–water partition coefficient (Wildman–Crippen LogP) is 1.87. The van der Waals surface area contributed by atoms with Crippen LogP contribution in [-0.2, 0) is 4.79 Å². The van der Waals surface area contributed by atoms with Crippen molar-refractivity contribution in [3.63, 3.8) is 0 Å². The Balaban J connectivity index is 2.32. The Hall–Kier alpha value is -1.08. The molecule has 0 aromatic rings. The fourth-order valence-electron chi connectivity index (χ4n) is 2.26. The average Bonchev–Trinajstić information content (AvgIpc) is 2.38. The van der Waals surface area contributed by atoms with Crippen LogP contribution in [0.2, 0.25) is 0 Å². The van der Waals surface area contributed by atoms with Crippen molar-refractivity contribution < 1.29 is 4.79 Å². The van der Waals surface area contributed by atoms with Gasteiger partial charge in [-0.3, -0.25) is 9.69 Å². The molecule has 1 rings (SSSR count). The molecule has 0 atom stereocenters. The summed E-state index contributed by atoms with van der Waals surface area (Å²) in [5, 5.41) is 8.50. The monoisotopic (exact) mass is 251 g/mol. The summed E-state index contributed by atoms with van der Waals surface area (Å²) in [5.74, 6) is 0.130. The summed E-state index contributed by atoms with van der Waals surface area (Å²) in [6.45, 7) is 7.66. The summed E-state index contributed by atoms with van der Waals surface area (Å²) in [6.07, 6.45) is 3.99. The standard InChI is InChI=1S/C14H25N3O/c1-4-14(2)6-10-17(11-7-14)12-13(18)16(3)9-5-8-15/h4-7,9-12H2,1-3H3. The number of piperidine rings is 1. The molecule has 0 aromatic heterocycles. The Morgan fingerprint density at radius 1 is 1.44 bits per heavy atom. The smallest absolute Gasteiger partial charge is 0.236 e. The fourth-order valence-corrected chi connectivity index (χ4v) is 2.26. The normalized spacial score (nSPS) is 19.2. The van der Waals surface area contributed by atoms with E-state index in [4.69, 9.17) is 5.26 Å². The molecule has 0 bridgehead atoms. The lowest BCUT2D eigenvalue weighted by Gasteiger charge is -2.39. The van der Waals surface area contributed by atoms with Crippen LogP contribution < -0.4 is 0 Å². The summed E-state index contributed by atoms with van der Waals surface area (Å²) >= 11 is 0. The van der Waals surface area contributed by atoms with E-state index in [2.05, 4.69) is 24.8 Å². The van der Waals surface area contributed by atoms with E-state index in [1.807, 2.05) is 0 Å². The molecule has 102 valence electrons. The molecule has 0 unspecified atom stereocenters. The molecule has 18 heavy (non-hydrogen) atoms. The van der Waals surface area contributed by atoms with Crippen molar-refractivity contribution in [1.82, 2.24) is 9.80 Å². The minimum absolute atomic E-state index is 0.130. The quantitative estimate of drug-likeness (QED) is 0.749. The number of rotatable bonds is 5. The highest BCUT2D eigenvalue weighted by Gasteiger charge is 2.29. The molecule has 1 aliphatic rings. The Kier molecular flexibility index (Phi) is 5.61. The number of nitrogens with zero attached hydrogens (tertiary/aromatic N) is 3. The van der Waals surface area contributed by atoms with Crippen LogP contribution in [0.15, 0.2) is 0 Å². The number of likely N-dealkylation sites (tertiary alicyclic amines) is 1. The van der Waals surface area contributed by atoms with Gasteiger partial charge in [0.2, 0.25) is 5.91 Å². The second-order valence-electron chi connectivity index (χ2n) is 5.66. The fraction of sp³-hybridized carbons (Fsp3) is 0.857. The summed E-state index contributed by atoms with van der Waals surface area (Å²) < 4.78 is 0. The molecule has 1 saturated heterocycles. The minimum Gasteiger partial charge on any atom is -0.344 e. The zero-order valence-electron chi connectivity index (χ0n) is 11.9. The van der Waals surface area contributed by atoms with Crippen LogP contribution in [0, 0.1) is 16.7 Å². The van der Waals surface area contributed by atoms with Crippen molar-refractivity contribution in [2.24, 2.45) is 5.41 Å². The largest absolute Gasteiger partial charge is 0.344 e. The van der Waals surface area contributed by atoms with Gasteiger partial charge in [-0.1, -0.05) is 20.3 Å². The SMILES string of the molecule is CCC1(C)CCN(CC(=O)N(C)CCC#N)CC1. The van der Waals surface area contributed by atoms with E-state index >= 15 is 0 Å². The number of hydrogen-bond donors (Lipinski definition) is 0. The molecule has 1 amide bonds. The maximum atomic E-state index is 11.9. The van der Waals surface area contributed by atoms with Gasteiger partial charge < -0.3 is 4.90 Å². The zero-order chi connectivity index (χ0) is 13.6. The lowest BCUT2D eigenvalue weighted by Crippen LogP contribution is -2.44. The van der Waals surface area contributed by atoms with Gasteiger partial charge in [0.25, 0.3) is 0 Å².